The smallest absolute Gasteiger partial charge is 0.444 e. The number of hydrogen-bond acceptors (Lipinski definition) is 6. The van der Waals surface area contributed by atoms with E-state index in [9.17, 15) is 31.2 Å². The largest absolute Gasteiger partial charge is 0.534 e. The molecule has 30 heavy (non-hydrogen) atoms. The average molecular weight is 450 g/mol. The first-order chi connectivity index (χ1) is 13.7. The van der Waals surface area contributed by atoms with E-state index in [4.69, 9.17) is 4.74 Å². The topological polar surface area (TPSA) is 102 Å². The molecule has 2 atom stereocenters. The lowest BCUT2D eigenvalue weighted by Gasteiger charge is -2.24. The van der Waals surface area contributed by atoms with Crippen LogP contribution in [0.5, 0.6) is 5.75 Å². The van der Waals surface area contributed by atoms with Crippen LogP contribution in [0.3, 0.4) is 0 Å². The molecule has 0 aromatic heterocycles. The third kappa shape index (κ3) is 4.47. The van der Waals surface area contributed by atoms with Crippen LogP contribution in [0.25, 0.3) is 0 Å². The molecule has 2 aliphatic heterocycles. The second kappa shape index (κ2) is 7.33. The number of carbonyl (C=O) groups is 2. The molecule has 0 bridgehead atoms. The number of nitrogens with zero attached hydrogens (tertiary/aromatic N) is 1. The van der Waals surface area contributed by atoms with Crippen molar-refractivity contribution in [3.05, 3.63) is 29.3 Å². The molecule has 0 unspecified atom stereocenters. The van der Waals surface area contributed by atoms with E-state index in [2.05, 4.69) is 9.50 Å². The fourth-order valence-corrected chi connectivity index (χ4v) is 3.96. The van der Waals surface area contributed by atoms with Gasteiger partial charge in [-0.15, -0.1) is 0 Å². The van der Waals surface area contributed by atoms with Crippen molar-refractivity contribution in [2.45, 2.75) is 37.8 Å². The van der Waals surface area contributed by atoms with Crippen LogP contribution in [0, 0.1) is 5.92 Å². The van der Waals surface area contributed by atoms with Crippen LogP contribution in [0.1, 0.15) is 42.6 Å². The van der Waals surface area contributed by atoms with Crippen LogP contribution in [-0.2, 0) is 14.9 Å². The van der Waals surface area contributed by atoms with Gasteiger partial charge in [-0.05, 0) is 38.5 Å². The molecule has 2 aliphatic rings. The molecule has 166 valence electrons. The number of amides is 2. The highest BCUT2D eigenvalue weighted by Crippen LogP contribution is 2.38. The Morgan fingerprint density at radius 2 is 1.87 bits per heavy atom. The minimum atomic E-state index is -5.86. The Bertz CT molecular complexity index is 971. The molecule has 3 rings (SSSR count). The van der Waals surface area contributed by atoms with Crippen LogP contribution in [-0.4, -0.2) is 56.1 Å². The van der Waals surface area contributed by atoms with Gasteiger partial charge in [-0.25, -0.2) is 4.79 Å². The Hall–Kier alpha value is -2.50. The summed E-state index contributed by atoms with van der Waals surface area (Å²) in [5.74, 6) is -1.59. The molecule has 12 heteroatoms. The zero-order valence-electron chi connectivity index (χ0n) is 16.4. The van der Waals surface area contributed by atoms with Gasteiger partial charge in [-0.2, -0.15) is 21.6 Å². The average Bonchev–Trinajstić information content (AvgIpc) is 2.96. The second-order valence-electron chi connectivity index (χ2n) is 8.19. The lowest BCUT2D eigenvalue weighted by atomic mass is 9.87. The van der Waals surface area contributed by atoms with Crippen molar-refractivity contribution < 1.29 is 40.1 Å². The molecule has 0 saturated carbocycles. The number of hydrogen-bond donors (Lipinski definition) is 1. The summed E-state index contributed by atoms with van der Waals surface area (Å²) in [6.07, 6.45) is -0.500. The van der Waals surface area contributed by atoms with Gasteiger partial charge in [0.25, 0.3) is 5.91 Å². The van der Waals surface area contributed by atoms with E-state index >= 15 is 0 Å². The maximum atomic E-state index is 12.6. The summed E-state index contributed by atoms with van der Waals surface area (Å²) in [5, 5.41) is 2.66. The summed E-state index contributed by atoms with van der Waals surface area (Å²) in [4.78, 5) is 26.3. The molecule has 8 nitrogen and oxygen atoms in total. The summed E-state index contributed by atoms with van der Waals surface area (Å²) >= 11 is 0. The lowest BCUT2D eigenvalue weighted by Crippen LogP contribution is -2.36. The Kier molecular flexibility index (Phi) is 5.42. The van der Waals surface area contributed by atoms with Crippen molar-refractivity contribution in [1.82, 2.24) is 10.2 Å². The molecular formula is C18H21F3N2O6S. The van der Waals surface area contributed by atoms with Crippen molar-refractivity contribution in [3.8, 4) is 5.75 Å². The van der Waals surface area contributed by atoms with Gasteiger partial charge in [0.15, 0.2) is 0 Å². The summed E-state index contributed by atoms with van der Waals surface area (Å²) in [7, 11) is -5.86. The number of nitrogens with one attached hydrogen (secondary N) is 1. The van der Waals surface area contributed by atoms with Crippen molar-refractivity contribution in [3.63, 3.8) is 0 Å². The van der Waals surface area contributed by atoms with Crippen molar-refractivity contribution in [2.24, 2.45) is 5.92 Å². The van der Waals surface area contributed by atoms with E-state index in [1.807, 2.05) is 0 Å². The van der Waals surface area contributed by atoms with Gasteiger partial charge in [-0.1, -0.05) is 6.07 Å². The highest BCUT2D eigenvalue weighted by Gasteiger charge is 2.49. The summed E-state index contributed by atoms with van der Waals surface area (Å²) in [6, 6.07) is 3.39. The van der Waals surface area contributed by atoms with Gasteiger partial charge in [0.05, 0.1) is 0 Å². The third-order valence-corrected chi connectivity index (χ3v) is 5.75. The molecule has 1 fully saturated rings. The van der Waals surface area contributed by atoms with Crippen LogP contribution in [0.4, 0.5) is 18.0 Å². The van der Waals surface area contributed by atoms with Crippen LogP contribution in [0.15, 0.2) is 18.2 Å². The molecule has 1 aromatic carbocycles. The van der Waals surface area contributed by atoms with Gasteiger partial charge in [0.2, 0.25) is 0 Å². The first kappa shape index (κ1) is 22.2. The predicted octanol–water partition coefficient (Wildman–Crippen LogP) is 2.61. The minimum absolute atomic E-state index is 0.00316. The highest BCUT2D eigenvalue weighted by molar-refractivity contribution is 7.88. The summed E-state index contributed by atoms with van der Waals surface area (Å²) in [5.41, 5.74) is -5.77. The Balaban J connectivity index is 1.88. The van der Waals surface area contributed by atoms with Gasteiger partial charge in [0, 0.05) is 37.0 Å². The molecule has 2 heterocycles. The van der Waals surface area contributed by atoms with E-state index in [1.165, 1.54) is 11.0 Å². The van der Waals surface area contributed by atoms with E-state index in [-0.39, 0.29) is 30.5 Å². The maximum absolute atomic E-state index is 12.6. The number of ether oxygens (including phenoxy) is 1. The third-order valence-electron chi connectivity index (χ3n) is 4.78. The SMILES string of the molecule is CC(C)(C)OC(=O)N1C[C@H]2CNC(=O)c3cc(OS(=O)(=O)C(F)(F)F)ccc3[C@@H]2C1. The molecule has 2 amide bonds. The first-order valence-corrected chi connectivity index (χ1v) is 10.5. The standard InChI is InChI=1S/C18H21F3N2O6S/c1-17(2,3)28-16(25)23-8-10-7-22-15(24)13-6-11(4-5-12(13)14(10)9-23)29-30(26,27)18(19,20)21/h4-6,10,14H,7-9H2,1-3H3,(H,22,24)/t10-,14-/m1/s1. The van der Waals surface area contributed by atoms with E-state index in [1.54, 1.807) is 20.8 Å². The summed E-state index contributed by atoms with van der Waals surface area (Å²) in [6.45, 7) is 6.05. The monoisotopic (exact) mass is 450 g/mol. The van der Waals surface area contributed by atoms with E-state index < -0.39 is 39.0 Å². The van der Waals surface area contributed by atoms with E-state index in [0.717, 1.165) is 12.1 Å². The molecule has 1 saturated heterocycles. The summed E-state index contributed by atoms with van der Waals surface area (Å²) < 4.78 is 69.7. The zero-order chi connectivity index (χ0) is 22.5. The van der Waals surface area contributed by atoms with Crippen molar-refractivity contribution in [2.75, 3.05) is 19.6 Å². The van der Waals surface area contributed by atoms with Crippen molar-refractivity contribution >= 4 is 22.1 Å². The minimum Gasteiger partial charge on any atom is -0.444 e. The number of halogens is 3. The second-order valence-corrected chi connectivity index (χ2v) is 9.73. The predicted molar refractivity (Wildman–Crippen MR) is 98.4 cm³/mol. The van der Waals surface area contributed by atoms with Crippen molar-refractivity contribution in [1.29, 1.82) is 0 Å². The molecular weight excluding hydrogens is 429 g/mol. The normalized spacial score (nSPS) is 21.9. The number of alkyl halides is 3. The van der Waals surface area contributed by atoms with Gasteiger partial charge in [0.1, 0.15) is 11.4 Å². The Labute approximate surface area is 171 Å². The van der Waals surface area contributed by atoms with E-state index in [0.29, 0.717) is 12.1 Å². The highest BCUT2D eigenvalue weighted by atomic mass is 32.2. The van der Waals surface area contributed by atoms with Gasteiger partial charge >= 0.3 is 21.7 Å². The lowest BCUT2D eigenvalue weighted by molar-refractivity contribution is -0.0500. The van der Waals surface area contributed by atoms with Gasteiger partial charge < -0.3 is 19.1 Å². The number of fused-ring (bicyclic) bond motifs is 3. The molecule has 0 aliphatic carbocycles. The molecule has 1 N–H and O–H groups in total. The fraction of sp³-hybridized carbons (Fsp3) is 0.556. The number of carbonyl (C=O) groups excluding carboxylic acids is 2. The Morgan fingerprint density at radius 1 is 1.20 bits per heavy atom. The molecule has 0 radical (unpaired) electrons. The van der Waals surface area contributed by atoms with Gasteiger partial charge in [-0.3, -0.25) is 4.79 Å². The Morgan fingerprint density at radius 3 is 2.47 bits per heavy atom. The number of benzene rings is 1. The zero-order valence-corrected chi connectivity index (χ0v) is 17.3. The maximum Gasteiger partial charge on any atom is 0.534 e. The number of likely N-dealkylation sites (tertiary alicyclic amines) is 1. The quantitative estimate of drug-likeness (QED) is 0.549. The first-order valence-electron chi connectivity index (χ1n) is 9.09. The fourth-order valence-electron chi connectivity index (χ4n) is 3.51. The molecule has 1 aromatic rings. The van der Waals surface area contributed by atoms with Crippen LogP contribution < -0.4 is 9.50 Å². The molecule has 0 spiro atoms. The number of rotatable bonds is 2. The van der Waals surface area contributed by atoms with Crippen LogP contribution >= 0.6 is 0 Å². The van der Waals surface area contributed by atoms with Crippen LogP contribution in [0.2, 0.25) is 0 Å².